The number of benzene rings is 1. The molecule has 8 heteroatoms. The minimum absolute atomic E-state index is 0.0744. The van der Waals surface area contributed by atoms with Crippen LogP contribution in [0.2, 0.25) is 0 Å². The molecule has 0 radical (unpaired) electrons. The summed E-state index contributed by atoms with van der Waals surface area (Å²) in [5.74, 6) is -0.835. The molecule has 1 aromatic carbocycles. The molecule has 1 unspecified atom stereocenters. The summed E-state index contributed by atoms with van der Waals surface area (Å²) >= 11 is 0. The zero-order chi connectivity index (χ0) is 18.4. The first-order chi connectivity index (χ1) is 12.6. The topological polar surface area (TPSA) is 71.1 Å². The molecule has 0 saturated carbocycles. The van der Waals surface area contributed by atoms with E-state index in [0.717, 1.165) is 0 Å². The van der Waals surface area contributed by atoms with Crippen molar-refractivity contribution in [3.05, 3.63) is 35.6 Å². The lowest BCUT2D eigenvalue weighted by Gasteiger charge is -2.34. The van der Waals surface area contributed by atoms with Crippen molar-refractivity contribution >= 4 is 11.8 Å². The van der Waals surface area contributed by atoms with Crippen LogP contribution in [0.3, 0.4) is 0 Å². The predicted molar refractivity (Wildman–Crippen MR) is 91.9 cm³/mol. The number of hydrogen-bond acceptors (Lipinski definition) is 5. The minimum Gasteiger partial charge on any atom is -0.379 e. The van der Waals surface area contributed by atoms with Gasteiger partial charge < -0.3 is 19.7 Å². The van der Waals surface area contributed by atoms with E-state index < -0.39 is 11.9 Å². The van der Waals surface area contributed by atoms with Gasteiger partial charge in [-0.1, -0.05) is 12.1 Å². The van der Waals surface area contributed by atoms with Crippen LogP contribution in [0.25, 0.3) is 0 Å². The van der Waals surface area contributed by atoms with Crippen LogP contribution >= 0.6 is 0 Å². The van der Waals surface area contributed by atoms with Crippen LogP contribution in [-0.2, 0) is 19.1 Å². The van der Waals surface area contributed by atoms with Crippen LogP contribution in [-0.4, -0.2) is 80.8 Å². The minimum atomic E-state index is -0.646. The fourth-order valence-corrected chi connectivity index (χ4v) is 3.22. The number of morpholine rings is 2. The number of amides is 2. The molecule has 2 aliphatic rings. The summed E-state index contributed by atoms with van der Waals surface area (Å²) in [6.45, 7) is 4.21. The monoisotopic (exact) mass is 365 g/mol. The lowest BCUT2D eigenvalue weighted by Crippen LogP contribution is -2.49. The number of halogens is 1. The van der Waals surface area contributed by atoms with E-state index in [2.05, 4.69) is 5.32 Å². The van der Waals surface area contributed by atoms with E-state index >= 15 is 0 Å². The van der Waals surface area contributed by atoms with E-state index in [9.17, 15) is 14.0 Å². The zero-order valence-electron chi connectivity index (χ0n) is 14.7. The number of hydrogen-bond donors (Lipinski definition) is 1. The third kappa shape index (κ3) is 4.78. The standard InChI is InChI=1S/C18H24FN3O4/c19-15-3-1-2-14(12-15)17(22-6-10-26-11-7-22)18(24)20-13-16(23)21-4-8-25-9-5-21/h1-3,12,17H,4-11,13H2,(H,20,24). The molecule has 0 spiro atoms. The first-order valence-electron chi connectivity index (χ1n) is 8.85. The Hall–Kier alpha value is -2.03. The molecule has 3 rings (SSSR count). The highest BCUT2D eigenvalue weighted by Gasteiger charge is 2.30. The van der Waals surface area contributed by atoms with Crippen LogP contribution in [0.4, 0.5) is 4.39 Å². The summed E-state index contributed by atoms with van der Waals surface area (Å²) in [4.78, 5) is 28.7. The van der Waals surface area contributed by atoms with E-state index in [0.29, 0.717) is 58.2 Å². The first-order valence-corrected chi connectivity index (χ1v) is 8.85. The second-order valence-electron chi connectivity index (χ2n) is 6.32. The fourth-order valence-electron chi connectivity index (χ4n) is 3.22. The number of carbonyl (C=O) groups excluding carboxylic acids is 2. The quantitative estimate of drug-likeness (QED) is 0.806. The van der Waals surface area contributed by atoms with Gasteiger partial charge in [-0.15, -0.1) is 0 Å². The molecule has 2 fully saturated rings. The van der Waals surface area contributed by atoms with Gasteiger partial charge in [0.1, 0.15) is 11.9 Å². The molecule has 1 atom stereocenters. The van der Waals surface area contributed by atoms with Gasteiger partial charge in [-0.2, -0.15) is 0 Å². The van der Waals surface area contributed by atoms with Crippen molar-refractivity contribution < 1.29 is 23.5 Å². The Balaban J connectivity index is 1.67. The number of ether oxygens (including phenoxy) is 2. The van der Waals surface area contributed by atoms with Gasteiger partial charge in [0.05, 0.1) is 33.0 Å². The van der Waals surface area contributed by atoms with Crippen molar-refractivity contribution in [3.8, 4) is 0 Å². The molecule has 142 valence electrons. The van der Waals surface area contributed by atoms with Crippen LogP contribution in [0.15, 0.2) is 24.3 Å². The van der Waals surface area contributed by atoms with E-state index in [1.807, 2.05) is 4.90 Å². The molecule has 0 bridgehead atoms. The Morgan fingerprint density at radius 3 is 2.38 bits per heavy atom. The third-order valence-electron chi connectivity index (χ3n) is 4.60. The Morgan fingerprint density at radius 1 is 1.08 bits per heavy atom. The molecule has 2 aliphatic heterocycles. The molecular formula is C18H24FN3O4. The Morgan fingerprint density at radius 2 is 1.73 bits per heavy atom. The molecule has 0 aliphatic carbocycles. The van der Waals surface area contributed by atoms with Gasteiger partial charge in [0.15, 0.2) is 0 Å². The summed E-state index contributed by atoms with van der Waals surface area (Å²) in [6, 6.07) is 5.38. The van der Waals surface area contributed by atoms with E-state index in [-0.39, 0.29) is 18.4 Å². The highest BCUT2D eigenvalue weighted by atomic mass is 19.1. The molecule has 2 amide bonds. The Bertz CT molecular complexity index is 631. The van der Waals surface area contributed by atoms with Gasteiger partial charge in [0.2, 0.25) is 11.8 Å². The van der Waals surface area contributed by atoms with Crippen LogP contribution in [0.1, 0.15) is 11.6 Å². The van der Waals surface area contributed by atoms with E-state index in [4.69, 9.17) is 9.47 Å². The molecule has 26 heavy (non-hydrogen) atoms. The van der Waals surface area contributed by atoms with Crippen molar-refractivity contribution in [3.63, 3.8) is 0 Å². The van der Waals surface area contributed by atoms with Crippen molar-refractivity contribution in [2.45, 2.75) is 6.04 Å². The first kappa shape index (κ1) is 18.8. The second kappa shape index (κ2) is 9.07. The lowest BCUT2D eigenvalue weighted by molar-refractivity contribution is -0.137. The SMILES string of the molecule is O=C(NCC(=O)N1CCOCC1)C(c1cccc(F)c1)N1CCOCC1. The maximum atomic E-state index is 13.7. The average molecular weight is 365 g/mol. The molecular weight excluding hydrogens is 341 g/mol. The summed E-state index contributed by atoms with van der Waals surface area (Å²) in [6.07, 6.45) is 0. The molecule has 0 aromatic heterocycles. The highest BCUT2D eigenvalue weighted by Crippen LogP contribution is 2.23. The van der Waals surface area contributed by atoms with Crippen molar-refractivity contribution in [1.82, 2.24) is 15.1 Å². The maximum absolute atomic E-state index is 13.7. The summed E-state index contributed by atoms with van der Waals surface area (Å²) in [5.41, 5.74) is 0.572. The summed E-state index contributed by atoms with van der Waals surface area (Å²) in [7, 11) is 0. The average Bonchev–Trinajstić information content (AvgIpc) is 2.68. The van der Waals surface area contributed by atoms with Crippen LogP contribution in [0, 0.1) is 5.82 Å². The van der Waals surface area contributed by atoms with E-state index in [1.165, 1.54) is 12.1 Å². The lowest BCUT2D eigenvalue weighted by atomic mass is 10.0. The molecule has 2 heterocycles. The third-order valence-corrected chi connectivity index (χ3v) is 4.60. The van der Waals surface area contributed by atoms with Crippen LogP contribution in [0.5, 0.6) is 0 Å². The van der Waals surface area contributed by atoms with Crippen molar-refractivity contribution in [2.75, 3.05) is 59.2 Å². The maximum Gasteiger partial charge on any atom is 0.242 e. The highest BCUT2D eigenvalue weighted by molar-refractivity contribution is 5.88. The van der Waals surface area contributed by atoms with Gasteiger partial charge in [-0.25, -0.2) is 4.39 Å². The Kier molecular flexibility index (Phi) is 6.54. The predicted octanol–water partition coefficient (Wildman–Crippen LogP) is 0.174. The summed E-state index contributed by atoms with van der Waals surface area (Å²) in [5, 5.41) is 2.72. The fraction of sp³-hybridized carbons (Fsp3) is 0.556. The van der Waals surface area contributed by atoms with Gasteiger partial charge in [0.25, 0.3) is 0 Å². The van der Waals surface area contributed by atoms with Crippen molar-refractivity contribution in [2.24, 2.45) is 0 Å². The number of nitrogens with one attached hydrogen (secondary N) is 1. The molecule has 1 aromatic rings. The van der Waals surface area contributed by atoms with Gasteiger partial charge in [-0.05, 0) is 17.7 Å². The summed E-state index contributed by atoms with van der Waals surface area (Å²) < 4.78 is 24.2. The number of nitrogens with zero attached hydrogens (tertiary/aromatic N) is 2. The van der Waals surface area contributed by atoms with E-state index in [1.54, 1.807) is 17.0 Å². The number of carbonyl (C=O) groups is 2. The number of rotatable bonds is 5. The Labute approximate surface area is 152 Å². The smallest absolute Gasteiger partial charge is 0.242 e. The normalized spacial score (nSPS) is 19.8. The van der Waals surface area contributed by atoms with Crippen molar-refractivity contribution in [1.29, 1.82) is 0 Å². The van der Waals surface area contributed by atoms with Gasteiger partial charge in [0, 0.05) is 26.2 Å². The molecule has 2 saturated heterocycles. The largest absolute Gasteiger partial charge is 0.379 e. The second-order valence-corrected chi connectivity index (χ2v) is 6.32. The van der Waals surface area contributed by atoms with Gasteiger partial charge in [-0.3, -0.25) is 14.5 Å². The molecule has 1 N–H and O–H groups in total. The zero-order valence-corrected chi connectivity index (χ0v) is 14.7. The molecule has 7 nitrogen and oxygen atoms in total. The van der Waals surface area contributed by atoms with Crippen LogP contribution < -0.4 is 5.32 Å². The van der Waals surface area contributed by atoms with Gasteiger partial charge >= 0.3 is 0 Å².